The van der Waals surface area contributed by atoms with Crippen molar-refractivity contribution < 1.29 is 4.74 Å². The summed E-state index contributed by atoms with van der Waals surface area (Å²) in [5.41, 5.74) is 0.367. The largest absolute Gasteiger partial charge is 0.378 e. The highest BCUT2D eigenvalue weighted by Crippen LogP contribution is 2.36. The first-order valence-electron chi connectivity index (χ1n) is 6.26. The van der Waals surface area contributed by atoms with E-state index in [9.17, 15) is 0 Å². The summed E-state index contributed by atoms with van der Waals surface area (Å²) < 4.78 is 5.59. The molecule has 1 unspecified atom stereocenters. The number of rotatable bonds is 5. The van der Waals surface area contributed by atoms with Crippen LogP contribution in [-0.4, -0.2) is 25.8 Å². The first-order chi connectivity index (χ1) is 6.97. The molecule has 0 aromatic heterocycles. The lowest BCUT2D eigenvalue weighted by Crippen LogP contribution is -2.43. The van der Waals surface area contributed by atoms with Gasteiger partial charge in [-0.25, -0.2) is 0 Å². The molecule has 0 bridgehead atoms. The summed E-state index contributed by atoms with van der Waals surface area (Å²) in [7, 11) is 2.08. The zero-order chi connectivity index (χ0) is 11.5. The average Bonchev–Trinajstić information content (AvgIpc) is 2.06. The molecule has 0 aromatic rings. The van der Waals surface area contributed by atoms with Gasteiger partial charge in [0, 0.05) is 12.6 Å². The van der Waals surface area contributed by atoms with E-state index in [1.807, 2.05) is 0 Å². The first kappa shape index (κ1) is 13.0. The molecule has 0 spiro atoms. The Morgan fingerprint density at radius 2 is 1.93 bits per heavy atom. The summed E-state index contributed by atoms with van der Waals surface area (Å²) in [6.45, 7) is 9.89. The van der Waals surface area contributed by atoms with Crippen LogP contribution >= 0.6 is 0 Å². The van der Waals surface area contributed by atoms with E-state index in [0.29, 0.717) is 17.6 Å². The standard InChI is InChI=1S/C13H27NO/c1-6-15-11-7-10(8-11)9-12(14-5)13(2,3)4/h10-12,14H,6-9H2,1-5H3. The van der Waals surface area contributed by atoms with E-state index in [4.69, 9.17) is 4.74 Å². The number of nitrogens with one attached hydrogen (secondary N) is 1. The van der Waals surface area contributed by atoms with Crippen molar-refractivity contribution >= 4 is 0 Å². The highest BCUT2D eigenvalue weighted by molar-refractivity contribution is 4.88. The van der Waals surface area contributed by atoms with Crippen LogP contribution in [0.25, 0.3) is 0 Å². The normalized spacial score (nSPS) is 28.6. The van der Waals surface area contributed by atoms with Gasteiger partial charge in [-0.05, 0) is 44.6 Å². The fourth-order valence-electron chi connectivity index (χ4n) is 2.48. The molecular weight excluding hydrogens is 186 g/mol. The molecule has 1 rings (SSSR count). The summed E-state index contributed by atoms with van der Waals surface area (Å²) in [6.07, 6.45) is 4.38. The van der Waals surface area contributed by atoms with Crippen LogP contribution in [0.2, 0.25) is 0 Å². The van der Waals surface area contributed by atoms with Gasteiger partial charge < -0.3 is 10.1 Å². The fraction of sp³-hybridized carbons (Fsp3) is 1.00. The molecule has 0 aromatic carbocycles. The molecule has 0 radical (unpaired) electrons. The van der Waals surface area contributed by atoms with E-state index >= 15 is 0 Å². The van der Waals surface area contributed by atoms with Crippen LogP contribution < -0.4 is 5.32 Å². The monoisotopic (exact) mass is 213 g/mol. The number of ether oxygens (including phenoxy) is 1. The van der Waals surface area contributed by atoms with E-state index in [0.717, 1.165) is 12.5 Å². The van der Waals surface area contributed by atoms with Crippen molar-refractivity contribution in [3.63, 3.8) is 0 Å². The van der Waals surface area contributed by atoms with Gasteiger partial charge in [-0.2, -0.15) is 0 Å². The maximum atomic E-state index is 5.59. The second-order valence-electron chi connectivity index (χ2n) is 5.86. The van der Waals surface area contributed by atoms with Crippen molar-refractivity contribution in [2.45, 2.75) is 59.1 Å². The molecule has 2 heteroatoms. The van der Waals surface area contributed by atoms with Gasteiger partial charge >= 0.3 is 0 Å². The Morgan fingerprint density at radius 1 is 1.33 bits per heavy atom. The molecule has 1 aliphatic carbocycles. The van der Waals surface area contributed by atoms with Gasteiger partial charge in [0.1, 0.15) is 0 Å². The molecule has 90 valence electrons. The highest BCUT2D eigenvalue weighted by Gasteiger charge is 2.34. The van der Waals surface area contributed by atoms with Gasteiger partial charge in [0.2, 0.25) is 0 Å². The fourth-order valence-corrected chi connectivity index (χ4v) is 2.48. The van der Waals surface area contributed by atoms with Crippen LogP contribution in [0.3, 0.4) is 0 Å². The van der Waals surface area contributed by atoms with Crippen LogP contribution in [0.1, 0.15) is 47.0 Å². The molecule has 15 heavy (non-hydrogen) atoms. The molecule has 1 atom stereocenters. The topological polar surface area (TPSA) is 21.3 Å². The van der Waals surface area contributed by atoms with Crippen LogP contribution in [0.5, 0.6) is 0 Å². The van der Waals surface area contributed by atoms with Gasteiger partial charge in [0.05, 0.1) is 6.10 Å². The molecule has 0 saturated heterocycles. The summed E-state index contributed by atoms with van der Waals surface area (Å²) in [4.78, 5) is 0. The summed E-state index contributed by atoms with van der Waals surface area (Å²) >= 11 is 0. The van der Waals surface area contributed by atoms with Crippen LogP contribution in [0.4, 0.5) is 0 Å². The molecule has 1 saturated carbocycles. The molecule has 1 fully saturated rings. The quantitative estimate of drug-likeness (QED) is 0.758. The van der Waals surface area contributed by atoms with Crippen LogP contribution in [0.15, 0.2) is 0 Å². The third kappa shape index (κ3) is 3.76. The Morgan fingerprint density at radius 3 is 2.33 bits per heavy atom. The molecule has 2 nitrogen and oxygen atoms in total. The third-order valence-corrected chi connectivity index (χ3v) is 3.56. The minimum atomic E-state index is 0.367. The minimum absolute atomic E-state index is 0.367. The van der Waals surface area contributed by atoms with Gasteiger partial charge in [-0.3, -0.25) is 0 Å². The van der Waals surface area contributed by atoms with Crippen molar-refractivity contribution in [2.24, 2.45) is 11.3 Å². The molecule has 0 amide bonds. The predicted octanol–water partition coefficient (Wildman–Crippen LogP) is 2.83. The van der Waals surface area contributed by atoms with Crippen LogP contribution in [-0.2, 0) is 4.74 Å². The minimum Gasteiger partial charge on any atom is -0.378 e. The zero-order valence-electron chi connectivity index (χ0n) is 11.0. The van der Waals surface area contributed by atoms with Crippen molar-refractivity contribution in [2.75, 3.05) is 13.7 Å². The Balaban J connectivity index is 2.25. The smallest absolute Gasteiger partial charge is 0.0580 e. The summed E-state index contributed by atoms with van der Waals surface area (Å²) in [6, 6.07) is 0.630. The Labute approximate surface area is 94.8 Å². The summed E-state index contributed by atoms with van der Waals surface area (Å²) in [5, 5.41) is 3.45. The molecule has 1 aliphatic rings. The maximum Gasteiger partial charge on any atom is 0.0580 e. The van der Waals surface area contributed by atoms with Crippen molar-refractivity contribution in [1.82, 2.24) is 5.32 Å². The molecule has 0 aliphatic heterocycles. The van der Waals surface area contributed by atoms with Gasteiger partial charge in [0.15, 0.2) is 0 Å². The SMILES string of the molecule is CCOC1CC(CC(NC)C(C)(C)C)C1. The van der Waals surface area contributed by atoms with Crippen molar-refractivity contribution in [1.29, 1.82) is 0 Å². The molecule has 1 N–H and O–H groups in total. The van der Waals surface area contributed by atoms with Gasteiger partial charge in [-0.15, -0.1) is 0 Å². The lowest BCUT2D eigenvalue weighted by atomic mass is 9.73. The zero-order valence-corrected chi connectivity index (χ0v) is 11.0. The lowest BCUT2D eigenvalue weighted by Gasteiger charge is -2.40. The van der Waals surface area contributed by atoms with Gasteiger partial charge in [0.25, 0.3) is 0 Å². The third-order valence-electron chi connectivity index (χ3n) is 3.56. The van der Waals surface area contributed by atoms with E-state index in [1.165, 1.54) is 19.3 Å². The molecule has 0 heterocycles. The van der Waals surface area contributed by atoms with Crippen molar-refractivity contribution in [3.05, 3.63) is 0 Å². The molecular formula is C13H27NO. The van der Waals surface area contributed by atoms with E-state index < -0.39 is 0 Å². The average molecular weight is 213 g/mol. The van der Waals surface area contributed by atoms with E-state index in [2.05, 4.69) is 40.1 Å². The van der Waals surface area contributed by atoms with Crippen LogP contribution in [0, 0.1) is 11.3 Å². The van der Waals surface area contributed by atoms with E-state index in [1.54, 1.807) is 0 Å². The second kappa shape index (κ2) is 5.31. The number of hydrogen-bond acceptors (Lipinski definition) is 2. The van der Waals surface area contributed by atoms with Gasteiger partial charge in [-0.1, -0.05) is 20.8 Å². The highest BCUT2D eigenvalue weighted by atomic mass is 16.5. The second-order valence-corrected chi connectivity index (χ2v) is 5.86. The number of hydrogen-bond donors (Lipinski definition) is 1. The predicted molar refractivity (Wildman–Crippen MR) is 65.1 cm³/mol. The van der Waals surface area contributed by atoms with E-state index in [-0.39, 0.29) is 0 Å². The Hall–Kier alpha value is -0.0800. The Kier molecular flexibility index (Phi) is 4.60. The lowest BCUT2D eigenvalue weighted by molar-refractivity contribution is -0.0321. The Bertz CT molecular complexity index is 179. The van der Waals surface area contributed by atoms with Crippen molar-refractivity contribution in [3.8, 4) is 0 Å². The summed E-state index contributed by atoms with van der Waals surface area (Å²) in [5.74, 6) is 0.873. The maximum absolute atomic E-state index is 5.59. The first-order valence-corrected chi connectivity index (χ1v) is 6.26.